The zero-order valence-corrected chi connectivity index (χ0v) is 12.4. The lowest BCUT2D eigenvalue weighted by Gasteiger charge is -2.32. The Morgan fingerprint density at radius 1 is 1.05 bits per heavy atom. The van der Waals surface area contributed by atoms with Gasteiger partial charge in [0.05, 0.1) is 4.90 Å². The highest BCUT2D eigenvalue weighted by Crippen LogP contribution is 2.27. The van der Waals surface area contributed by atoms with Crippen molar-refractivity contribution in [2.75, 3.05) is 6.54 Å². The van der Waals surface area contributed by atoms with Crippen LogP contribution in [0.3, 0.4) is 0 Å². The van der Waals surface area contributed by atoms with E-state index in [1.165, 1.54) is 0 Å². The van der Waals surface area contributed by atoms with Crippen molar-refractivity contribution in [3.05, 3.63) is 42.5 Å². The Morgan fingerprint density at radius 2 is 1.80 bits per heavy atom. The Morgan fingerprint density at radius 3 is 2.55 bits per heavy atom. The van der Waals surface area contributed by atoms with Gasteiger partial charge >= 0.3 is 0 Å². The van der Waals surface area contributed by atoms with Crippen molar-refractivity contribution >= 4 is 20.8 Å². The summed E-state index contributed by atoms with van der Waals surface area (Å²) in [4.78, 5) is 0.407. The number of hydrogen-bond donors (Lipinski definition) is 0. The predicted octanol–water partition coefficient (Wildman–Crippen LogP) is 3.40. The van der Waals surface area contributed by atoms with E-state index in [1.54, 1.807) is 16.4 Å². The molecule has 0 unspecified atom stereocenters. The second-order valence-electron chi connectivity index (χ2n) is 5.47. The molecule has 1 atom stereocenters. The van der Waals surface area contributed by atoms with E-state index in [4.69, 9.17) is 0 Å². The summed E-state index contributed by atoms with van der Waals surface area (Å²) in [6.45, 7) is 2.63. The molecule has 0 radical (unpaired) electrons. The smallest absolute Gasteiger partial charge is 0.207 e. The molecular weight excluding hydrogens is 270 g/mol. The van der Waals surface area contributed by atoms with Gasteiger partial charge in [-0.1, -0.05) is 36.8 Å². The Hall–Kier alpha value is -1.39. The normalized spacial score (nSPS) is 21.1. The van der Waals surface area contributed by atoms with Crippen LogP contribution in [0.2, 0.25) is 0 Å². The van der Waals surface area contributed by atoms with Gasteiger partial charge in [-0.15, -0.1) is 0 Å². The SMILES string of the molecule is C[C@@H]1CCCCN1S(=O)(=O)c1ccc2ccccc2c1. The van der Waals surface area contributed by atoms with Gasteiger partial charge in [-0.25, -0.2) is 8.42 Å². The van der Waals surface area contributed by atoms with Crippen LogP contribution < -0.4 is 0 Å². The van der Waals surface area contributed by atoms with Crippen molar-refractivity contribution in [3.8, 4) is 0 Å². The van der Waals surface area contributed by atoms with Gasteiger partial charge in [-0.3, -0.25) is 0 Å². The van der Waals surface area contributed by atoms with Crippen LogP contribution in [0.15, 0.2) is 47.4 Å². The summed E-state index contributed by atoms with van der Waals surface area (Å²) in [7, 11) is -3.37. The molecular formula is C16H19NO2S. The van der Waals surface area contributed by atoms with Gasteiger partial charge in [0.1, 0.15) is 0 Å². The Balaban J connectivity index is 2.04. The monoisotopic (exact) mass is 289 g/mol. The van der Waals surface area contributed by atoms with Gasteiger partial charge in [0.15, 0.2) is 0 Å². The average Bonchev–Trinajstić information content (AvgIpc) is 2.47. The van der Waals surface area contributed by atoms with Gasteiger partial charge in [0.2, 0.25) is 10.0 Å². The number of benzene rings is 2. The second-order valence-corrected chi connectivity index (χ2v) is 7.36. The lowest BCUT2D eigenvalue weighted by atomic mass is 10.1. The maximum atomic E-state index is 12.8. The summed E-state index contributed by atoms with van der Waals surface area (Å²) < 4.78 is 27.2. The summed E-state index contributed by atoms with van der Waals surface area (Å²) in [5.41, 5.74) is 0. The molecule has 0 aromatic heterocycles. The maximum absolute atomic E-state index is 12.8. The van der Waals surface area contributed by atoms with Gasteiger partial charge in [-0.2, -0.15) is 4.31 Å². The molecule has 3 rings (SSSR count). The van der Waals surface area contributed by atoms with Crippen LogP contribution in [-0.2, 0) is 10.0 Å². The molecule has 1 fully saturated rings. The first kappa shape index (κ1) is 13.6. The van der Waals surface area contributed by atoms with Gasteiger partial charge in [0.25, 0.3) is 0 Å². The molecule has 0 amide bonds. The minimum atomic E-state index is -3.37. The molecule has 2 aromatic rings. The zero-order valence-electron chi connectivity index (χ0n) is 11.6. The number of fused-ring (bicyclic) bond motifs is 1. The fourth-order valence-corrected chi connectivity index (χ4v) is 4.63. The summed E-state index contributed by atoms with van der Waals surface area (Å²) in [6.07, 6.45) is 3.02. The molecule has 1 heterocycles. The number of nitrogens with zero attached hydrogens (tertiary/aromatic N) is 1. The highest BCUT2D eigenvalue weighted by atomic mass is 32.2. The molecule has 0 saturated carbocycles. The first-order valence-corrected chi connectivity index (χ1v) is 8.54. The number of hydrogen-bond acceptors (Lipinski definition) is 2. The quantitative estimate of drug-likeness (QED) is 0.849. The van der Waals surface area contributed by atoms with E-state index in [2.05, 4.69) is 0 Å². The van der Waals surface area contributed by atoms with Crippen molar-refractivity contribution < 1.29 is 8.42 Å². The lowest BCUT2D eigenvalue weighted by molar-refractivity contribution is 0.268. The fraction of sp³-hybridized carbons (Fsp3) is 0.375. The third-order valence-corrected chi connectivity index (χ3v) is 6.08. The molecule has 0 aliphatic carbocycles. The third kappa shape index (κ3) is 2.34. The van der Waals surface area contributed by atoms with Crippen LogP contribution in [0.4, 0.5) is 0 Å². The minimum Gasteiger partial charge on any atom is -0.207 e. The van der Waals surface area contributed by atoms with Crippen LogP contribution in [0.5, 0.6) is 0 Å². The van der Waals surface area contributed by atoms with Crippen molar-refractivity contribution in [3.63, 3.8) is 0 Å². The van der Waals surface area contributed by atoms with E-state index in [1.807, 2.05) is 37.3 Å². The minimum absolute atomic E-state index is 0.0974. The summed E-state index contributed by atoms with van der Waals surface area (Å²) >= 11 is 0. The van der Waals surface area contributed by atoms with Crippen molar-refractivity contribution in [1.29, 1.82) is 0 Å². The zero-order chi connectivity index (χ0) is 14.2. The molecule has 0 bridgehead atoms. The number of piperidine rings is 1. The Bertz CT molecular complexity index is 724. The molecule has 4 heteroatoms. The van der Waals surface area contributed by atoms with Crippen molar-refractivity contribution in [1.82, 2.24) is 4.31 Å². The second kappa shape index (κ2) is 5.19. The largest absolute Gasteiger partial charge is 0.243 e. The molecule has 1 aliphatic rings. The first-order chi connectivity index (χ1) is 9.59. The lowest BCUT2D eigenvalue weighted by Crippen LogP contribution is -2.41. The van der Waals surface area contributed by atoms with Crippen LogP contribution in [0.25, 0.3) is 10.8 Å². The highest BCUT2D eigenvalue weighted by Gasteiger charge is 2.30. The van der Waals surface area contributed by atoms with Crippen LogP contribution in [0.1, 0.15) is 26.2 Å². The molecule has 1 saturated heterocycles. The summed E-state index contributed by atoms with van der Waals surface area (Å²) in [5.74, 6) is 0. The summed E-state index contributed by atoms with van der Waals surface area (Å²) in [5, 5.41) is 2.04. The molecule has 3 nitrogen and oxygen atoms in total. The maximum Gasteiger partial charge on any atom is 0.243 e. The third-order valence-electron chi connectivity index (χ3n) is 4.07. The topological polar surface area (TPSA) is 37.4 Å². The van der Waals surface area contributed by atoms with E-state index >= 15 is 0 Å². The highest BCUT2D eigenvalue weighted by molar-refractivity contribution is 7.89. The molecule has 0 spiro atoms. The van der Waals surface area contributed by atoms with Crippen molar-refractivity contribution in [2.45, 2.75) is 37.1 Å². The fourth-order valence-electron chi connectivity index (χ4n) is 2.89. The summed E-state index contributed by atoms with van der Waals surface area (Å²) in [6, 6.07) is 13.3. The van der Waals surface area contributed by atoms with Crippen LogP contribution >= 0.6 is 0 Å². The molecule has 2 aromatic carbocycles. The van der Waals surface area contributed by atoms with E-state index in [0.717, 1.165) is 30.0 Å². The molecule has 106 valence electrons. The van der Waals surface area contributed by atoms with Gasteiger partial charge < -0.3 is 0 Å². The van der Waals surface area contributed by atoms with E-state index in [0.29, 0.717) is 11.4 Å². The number of rotatable bonds is 2. The number of sulfonamides is 1. The van der Waals surface area contributed by atoms with Crippen molar-refractivity contribution in [2.24, 2.45) is 0 Å². The standard InChI is InChI=1S/C16H19NO2S/c1-13-6-4-5-11-17(13)20(18,19)16-10-9-14-7-2-3-8-15(14)12-16/h2-3,7-10,12-13H,4-6,11H2,1H3/t13-/m1/s1. The van der Waals surface area contributed by atoms with E-state index in [9.17, 15) is 8.42 Å². The first-order valence-electron chi connectivity index (χ1n) is 7.10. The van der Waals surface area contributed by atoms with E-state index < -0.39 is 10.0 Å². The predicted molar refractivity (Wildman–Crippen MR) is 81.2 cm³/mol. The Kier molecular flexibility index (Phi) is 3.52. The van der Waals surface area contributed by atoms with E-state index in [-0.39, 0.29) is 6.04 Å². The molecule has 20 heavy (non-hydrogen) atoms. The molecule has 1 aliphatic heterocycles. The van der Waals surface area contributed by atoms with Gasteiger partial charge in [-0.05, 0) is 42.7 Å². The van der Waals surface area contributed by atoms with Crippen LogP contribution in [0, 0.1) is 0 Å². The molecule has 0 N–H and O–H groups in total. The van der Waals surface area contributed by atoms with Gasteiger partial charge in [0, 0.05) is 12.6 Å². The average molecular weight is 289 g/mol. The Labute approximate surface area is 120 Å². The van der Waals surface area contributed by atoms with Crippen LogP contribution in [-0.4, -0.2) is 25.3 Å².